The second kappa shape index (κ2) is 6.73. The summed E-state index contributed by atoms with van der Waals surface area (Å²) in [5.41, 5.74) is 2.56. The van der Waals surface area contributed by atoms with Gasteiger partial charge in [0.2, 0.25) is 17.5 Å². The molecule has 0 unspecified atom stereocenters. The van der Waals surface area contributed by atoms with Crippen LogP contribution < -0.4 is 4.90 Å². The summed E-state index contributed by atoms with van der Waals surface area (Å²) in [7, 11) is 0. The summed E-state index contributed by atoms with van der Waals surface area (Å²) < 4.78 is 7.36. The topological polar surface area (TPSA) is 64.4 Å². The van der Waals surface area contributed by atoms with Crippen LogP contribution in [0.4, 0.5) is 5.95 Å². The van der Waals surface area contributed by atoms with E-state index in [1.165, 1.54) is 0 Å². The van der Waals surface area contributed by atoms with Crippen LogP contribution >= 0.6 is 0 Å². The maximum atomic E-state index is 13.3. The number of rotatable bonds is 3. The van der Waals surface area contributed by atoms with Crippen molar-refractivity contribution in [2.24, 2.45) is 0 Å². The number of benzene rings is 2. The zero-order chi connectivity index (χ0) is 19.1. The Morgan fingerprint density at radius 3 is 2.21 bits per heavy atom. The number of anilines is 1. The maximum Gasteiger partial charge on any atom is 0.214 e. The SMILES string of the molecule is O=C1c2ccccc2C(=O)c2c1nc(N1CCOCC1)n2Cc1ccccc1. The van der Waals surface area contributed by atoms with Gasteiger partial charge in [-0.05, 0) is 5.56 Å². The molecule has 28 heavy (non-hydrogen) atoms. The lowest BCUT2D eigenvalue weighted by Gasteiger charge is -2.28. The van der Waals surface area contributed by atoms with Crippen LogP contribution in [0.1, 0.15) is 37.7 Å². The van der Waals surface area contributed by atoms with Crippen molar-refractivity contribution in [3.63, 3.8) is 0 Å². The first-order valence-electron chi connectivity index (χ1n) is 9.39. The molecule has 0 spiro atoms. The number of ether oxygens (including phenoxy) is 1. The third kappa shape index (κ3) is 2.65. The Morgan fingerprint density at radius 1 is 0.857 bits per heavy atom. The van der Waals surface area contributed by atoms with Crippen molar-refractivity contribution in [1.29, 1.82) is 0 Å². The molecule has 5 rings (SSSR count). The van der Waals surface area contributed by atoms with Crippen molar-refractivity contribution in [3.8, 4) is 0 Å². The number of hydrogen-bond donors (Lipinski definition) is 0. The van der Waals surface area contributed by atoms with E-state index in [1.54, 1.807) is 24.3 Å². The predicted octanol–water partition coefficient (Wildman–Crippen LogP) is 2.54. The molecular formula is C22H19N3O3. The van der Waals surface area contributed by atoms with E-state index in [2.05, 4.69) is 9.88 Å². The number of ketones is 2. The molecule has 0 amide bonds. The lowest BCUT2D eigenvalue weighted by Crippen LogP contribution is -2.38. The number of nitrogens with zero attached hydrogens (tertiary/aromatic N) is 3. The third-order valence-electron chi connectivity index (χ3n) is 5.27. The molecule has 0 saturated carbocycles. The van der Waals surface area contributed by atoms with Gasteiger partial charge in [0, 0.05) is 24.2 Å². The zero-order valence-corrected chi connectivity index (χ0v) is 15.3. The number of carbonyl (C=O) groups is 2. The van der Waals surface area contributed by atoms with Gasteiger partial charge in [-0.25, -0.2) is 4.98 Å². The van der Waals surface area contributed by atoms with Crippen molar-refractivity contribution in [2.75, 3.05) is 31.2 Å². The monoisotopic (exact) mass is 373 g/mol. The molecule has 0 radical (unpaired) electrons. The van der Waals surface area contributed by atoms with E-state index in [0.717, 1.165) is 5.56 Å². The van der Waals surface area contributed by atoms with Crippen molar-refractivity contribution >= 4 is 17.5 Å². The molecule has 6 nitrogen and oxygen atoms in total. The summed E-state index contributed by atoms with van der Waals surface area (Å²) >= 11 is 0. The minimum absolute atomic E-state index is 0.145. The second-order valence-corrected chi connectivity index (χ2v) is 6.98. The lowest BCUT2D eigenvalue weighted by molar-refractivity contribution is 0.0971. The minimum Gasteiger partial charge on any atom is -0.378 e. The molecule has 1 saturated heterocycles. The van der Waals surface area contributed by atoms with E-state index in [1.807, 2.05) is 34.9 Å². The Balaban J connectivity index is 1.68. The van der Waals surface area contributed by atoms with Crippen LogP contribution in [0.5, 0.6) is 0 Å². The van der Waals surface area contributed by atoms with Gasteiger partial charge in [-0.15, -0.1) is 0 Å². The first-order valence-corrected chi connectivity index (χ1v) is 9.39. The molecule has 2 heterocycles. The van der Waals surface area contributed by atoms with Crippen molar-refractivity contribution in [2.45, 2.75) is 6.54 Å². The van der Waals surface area contributed by atoms with E-state index < -0.39 is 0 Å². The van der Waals surface area contributed by atoms with Crippen LogP contribution in [-0.4, -0.2) is 47.4 Å². The minimum atomic E-state index is -0.188. The predicted molar refractivity (Wildman–Crippen MR) is 104 cm³/mol. The maximum absolute atomic E-state index is 13.3. The Morgan fingerprint density at radius 2 is 1.50 bits per heavy atom. The number of carbonyl (C=O) groups excluding carboxylic acids is 2. The molecule has 3 aromatic rings. The van der Waals surface area contributed by atoms with Gasteiger partial charge >= 0.3 is 0 Å². The average Bonchev–Trinajstić information content (AvgIpc) is 3.13. The summed E-state index contributed by atoms with van der Waals surface area (Å²) in [6.45, 7) is 3.05. The fraction of sp³-hybridized carbons (Fsp3) is 0.227. The molecule has 1 fully saturated rings. The highest BCUT2D eigenvalue weighted by Gasteiger charge is 2.36. The van der Waals surface area contributed by atoms with Gasteiger partial charge in [-0.1, -0.05) is 54.6 Å². The molecule has 1 aromatic heterocycles. The third-order valence-corrected chi connectivity index (χ3v) is 5.27. The molecule has 1 aliphatic heterocycles. The molecule has 0 atom stereocenters. The van der Waals surface area contributed by atoms with E-state index in [0.29, 0.717) is 55.6 Å². The highest BCUT2D eigenvalue weighted by Crippen LogP contribution is 2.31. The van der Waals surface area contributed by atoms with Crippen LogP contribution in [0.3, 0.4) is 0 Å². The number of fused-ring (bicyclic) bond motifs is 2. The second-order valence-electron chi connectivity index (χ2n) is 6.98. The van der Waals surface area contributed by atoms with E-state index in [-0.39, 0.29) is 17.3 Å². The molecule has 1 aliphatic carbocycles. The Bertz CT molecular complexity index is 1070. The molecule has 140 valence electrons. The van der Waals surface area contributed by atoms with Crippen molar-refractivity contribution < 1.29 is 14.3 Å². The average molecular weight is 373 g/mol. The largest absolute Gasteiger partial charge is 0.378 e. The Hall–Kier alpha value is -3.25. The fourth-order valence-electron chi connectivity index (χ4n) is 3.88. The summed E-state index contributed by atoms with van der Waals surface area (Å²) in [5, 5.41) is 0. The summed E-state index contributed by atoms with van der Waals surface area (Å²) in [4.78, 5) is 33.1. The van der Waals surface area contributed by atoms with E-state index in [9.17, 15) is 9.59 Å². The van der Waals surface area contributed by atoms with Crippen LogP contribution in [0, 0.1) is 0 Å². The van der Waals surface area contributed by atoms with Gasteiger partial charge in [0.1, 0.15) is 11.4 Å². The normalized spacial score (nSPS) is 16.1. The zero-order valence-electron chi connectivity index (χ0n) is 15.3. The Labute approximate surface area is 162 Å². The molecule has 0 N–H and O–H groups in total. The van der Waals surface area contributed by atoms with Gasteiger partial charge in [-0.3, -0.25) is 9.59 Å². The highest BCUT2D eigenvalue weighted by atomic mass is 16.5. The van der Waals surface area contributed by atoms with Gasteiger partial charge < -0.3 is 14.2 Å². The molecule has 2 aromatic carbocycles. The molecule has 0 bridgehead atoms. The van der Waals surface area contributed by atoms with Gasteiger partial charge in [-0.2, -0.15) is 0 Å². The quantitative estimate of drug-likeness (QED) is 0.552. The standard InChI is InChI=1S/C22H19N3O3/c26-20-16-8-4-5-9-17(16)21(27)19-18(20)23-22(24-10-12-28-13-11-24)25(19)14-15-6-2-1-3-7-15/h1-9H,10-14H2. The first kappa shape index (κ1) is 16.9. The van der Waals surface area contributed by atoms with Crippen LogP contribution in [0.2, 0.25) is 0 Å². The molecule has 2 aliphatic rings. The molecular weight excluding hydrogens is 354 g/mol. The first-order chi connectivity index (χ1) is 13.7. The highest BCUT2D eigenvalue weighted by molar-refractivity contribution is 6.27. The van der Waals surface area contributed by atoms with Gasteiger partial charge in [0.15, 0.2) is 0 Å². The summed E-state index contributed by atoms with van der Waals surface area (Å²) in [6.07, 6.45) is 0. The number of aromatic nitrogens is 2. The van der Waals surface area contributed by atoms with E-state index >= 15 is 0 Å². The molecule has 6 heteroatoms. The Kier molecular flexibility index (Phi) is 4.06. The van der Waals surface area contributed by atoms with Crippen molar-refractivity contribution in [1.82, 2.24) is 9.55 Å². The smallest absolute Gasteiger partial charge is 0.214 e. The van der Waals surface area contributed by atoms with Crippen LogP contribution in [-0.2, 0) is 11.3 Å². The summed E-state index contributed by atoms with van der Waals surface area (Å²) in [6, 6.07) is 16.9. The van der Waals surface area contributed by atoms with Crippen molar-refractivity contribution in [3.05, 3.63) is 82.7 Å². The number of imidazole rings is 1. The van der Waals surface area contributed by atoms with Crippen LogP contribution in [0.25, 0.3) is 0 Å². The van der Waals surface area contributed by atoms with Gasteiger partial charge in [0.05, 0.1) is 19.8 Å². The van der Waals surface area contributed by atoms with Crippen LogP contribution in [0.15, 0.2) is 54.6 Å². The summed E-state index contributed by atoms with van der Waals surface area (Å²) in [5.74, 6) is 0.325. The van der Waals surface area contributed by atoms with Gasteiger partial charge in [0.25, 0.3) is 0 Å². The number of morpholine rings is 1. The number of hydrogen-bond acceptors (Lipinski definition) is 5. The van der Waals surface area contributed by atoms with E-state index in [4.69, 9.17) is 4.74 Å². The lowest BCUT2D eigenvalue weighted by atomic mass is 9.90. The fourth-order valence-corrected chi connectivity index (χ4v) is 3.88.